The summed E-state index contributed by atoms with van der Waals surface area (Å²) in [4.78, 5) is 41.3. The van der Waals surface area contributed by atoms with Gasteiger partial charge in [-0.25, -0.2) is 9.78 Å². The lowest BCUT2D eigenvalue weighted by molar-refractivity contribution is -0.117. The lowest BCUT2D eigenvalue weighted by Gasteiger charge is -2.13. The smallest absolute Gasteiger partial charge is 0.321 e. The molecule has 1 aromatic heterocycles. The third-order valence-corrected chi connectivity index (χ3v) is 5.34. The average Bonchev–Trinajstić information content (AvgIpc) is 2.62. The van der Waals surface area contributed by atoms with Crippen LogP contribution < -0.4 is 16.2 Å². The molecule has 2 aromatic rings. The number of thioether (sulfide) groups is 1. The topological polar surface area (TPSA) is 93.1 Å². The number of amides is 3. The molecular formula is C19H25BrN4O3S. The summed E-state index contributed by atoms with van der Waals surface area (Å²) in [6.07, 6.45) is 2.90. The van der Waals surface area contributed by atoms with Gasteiger partial charge in [0.1, 0.15) is 0 Å². The molecule has 0 aliphatic heterocycles. The zero-order valence-electron chi connectivity index (χ0n) is 16.3. The van der Waals surface area contributed by atoms with E-state index in [-0.39, 0.29) is 17.4 Å². The van der Waals surface area contributed by atoms with Crippen molar-refractivity contribution in [2.24, 2.45) is 0 Å². The first kappa shape index (κ1) is 22.4. The molecule has 0 unspecified atom stereocenters. The molecule has 1 heterocycles. The fourth-order valence-corrected chi connectivity index (χ4v) is 3.78. The summed E-state index contributed by atoms with van der Waals surface area (Å²) < 4.78 is 2.44. The summed E-state index contributed by atoms with van der Waals surface area (Å²) in [7, 11) is 0. The monoisotopic (exact) mass is 468 g/mol. The van der Waals surface area contributed by atoms with Gasteiger partial charge in [-0.1, -0.05) is 47.5 Å². The maximum absolute atomic E-state index is 13.0. The quantitative estimate of drug-likeness (QED) is 0.350. The Morgan fingerprint density at radius 2 is 2.04 bits per heavy atom. The van der Waals surface area contributed by atoms with Crippen LogP contribution in [-0.4, -0.2) is 33.3 Å². The summed E-state index contributed by atoms with van der Waals surface area (Å²) in [5, 5.41) is 5.90. The maximum Gasteiger partial charge on any atom is 0.321 e. The molecule has 0 fully saturated rings. The molecule has 0 radical (unpaired) electrons. The first-order valence-corrected chi connectivity index (χ1v) is 11.0. The van der Waals surface area contributed by atoms with Gasteiger partial charge in [0.2, 0.25) is 5.91 Å². The molecule has 152 valence electrons. The number of unbranched alkanes of at least 4 members (excludes halogenated alkanes) is 2. The Hall–Kier alpha value is -1.87. The Bertz CT molecular complexity index is 914. The van der Waals surface area contributed by atoms with E-state index < -0.39 is 11.9 Å². The van der Waals surface area contributed by atoms with Crippen molar-refractivity contribution in [1.29, 1.82) is 0 Å². The van der Waals surface area contributed by atoms with Gasteiger partial charge in [-0.3, -0.25) is 19.5 Å². The summed E-state index contributed by atoms with van der Waals surface area (Å²) in [6, 6.07) is 4.77. The van der Waals surface area contributed by atoms with Crippen molar-refractivity contribution in [1.82, 2.24) is 20.2 Å². The van der Waals surface area contributed by atoms with E-state index in [4.69, 9.17) is 0 Å². The zero-order valence-corrected chi connectivity index (χ0v) is 18.7. The lowest BCUT2D eigenvalue weighted by Crippen LogP contribution is -2.43. The van der Waals surface area contributed by atoms with Gasteiger partial charge in [-0.2, -0.15) is 0 Å². The highest BCUT2D eigenvalue weighted by molar-refractivity contribution is 9.10. The van der Waals surface area contributed by atoms with Gasteiger partial charge in [0, 0.05) is 17.1 Å². The van der Waals surface area contributed by atoms with E-state index in [1.54, 1.807) is 16.7 Å². The largest absolute Gasteiger partial charge is 0.336 e. The van der Waals surface area contributed by atoms with Gasteiger partial charge in [0.25, 0.3) is 5.56 Å². The van der Waals surface area contributed by atoms with Crippen molar-refractivity contribution in [3.63, 3.8) is 0 Å². The van der Waals surface area contributed by atoms with Crippen molar-refractivity contribution in [3.8, 4) is 0 Å². The summed E-state index contributed by atoms with van der Waals surface area (Å²) in [5.41, 5.74) is 0.461. The molecule has 1 aromatic carbocycles. The zero-order chi connectivity index (χ0) is 20.7. The number of fused-ring (bicyclic) bond motifs is 1. The number of hydrogen-bond acceptors (Lipinski definition) is 5. The number of nitrogens with one attached hydrogen (secondary N) is 2. The molecule has 0 saturated heterocycles. The highest BCUT2D eigenvalue weighted by Crippen LogP contribution is 2.21. The Morgan fingerprint density at radius 1 is 1.29 bits per heavy atom. The van der Waals surface area contributed by atoms with Crippen molar-refractivity contribution in [2.75, 3.05) is 5.75 Å². The van der Waals surface area contributed by atoms with E-state index in [9.17, 15) is 14.4 Å². The number of urea groups is 1. The fraction of sp³-hybridized carbons (Fsp3) is 0.474. The van der Waals surface area contributed by atoms with E-state index in [1.165, 1.54) is 0 Å². The van der Waals surface area contributed by atoms with E-state index in [0.29, 0.717) is 22.6 Å². The first-order chi connectivity index (χ1) is 13.3. The van der Waals surface area contributed by atoms with Gasteiger partial charge in [0.05, 0.1) is 16.7 Å². The number of hydrogen-bond donors (Lipinski definition) is 2. The summed E-state index contributed by atoms with van der Waals surface area (Å²) >= 11 is 4.55. The summed E-state index contributed by atoms with van der Waals surface area (Å²) in [5.74, 6) is -0.443. The number of halogens is 1. The molecular weight excluding hydrogens is 444 g/mol. The van der Waals surface area contributed by atoms with Crippen LogP contribution in [0.15, 0.2) is 32.6 Å². The van der Waals surface area contributed by atoms with Crippen LogP contribution in [-0.2, 0) is 11.3 Å². The number of nitrogens with zero attached hydrogens (tertiary/aromatic N) is 2. The van der Waals surface area contributed by atoms with Gasteiger partial charge in [-0.15, -0.1) is 0 Å². The van der Waals surface area contributed by atoms with Crippen molar-refractivity contribution >= 4 is 50.5 Å². The maximum atomic E-state index is 13.0. The molecule has 2 N–H and O–H groups in total. The van der Waals surface area contributed by atoms with Crippen LogP contribution >= 0.6 is 27.7 Å². The van der Waals surface area contributed by atoms with Crippen LogP contribution in [0.2, 0.25) is 0 Å². The molecule has 0 saturated carbocycles. The molecule has 0 aliphatic carbocycles. The van der Waals surface area contributed by atoms with Gasteiger partial charge in [0.15, 0.2) is 5.16 Å². The van der Waals surface area contributed by atoms with Crippen LogP contribution in [0.3, 0.4) is 0 Å². The number of benzene rings is 1. The Morgan fingerprint density at radius 3 is 2.71 bits per heavy atom. The standard InChI is InChI=1S/C19H25BrN4O3S/c1-4-5-6-9-24-17(26)14-10-13(20)7-8-15(14)22-19(24)28-11-16(25)23-18(27)21-12(2)3/h7-8,10,12H,4-6,9,11H2,1-3H3,(H2,21,23,25,27). The van der Waals surface area contributed by atoms with Crippen LogP contribution in [0.5, 0.6) is 0 Å². The van der Waals surface area contributed by atoms with Crippen molar-refractivity contribution in [3.05, 3.63) is 33.0 Å². The number of rotatable bonds is 8. The van der Waals surface area contributed by atoms with E-state index in [1.807, 2.05) is 19.9 Å². The van der Waals surface area contributed by atoms with E-state index in [0.717, 1.165) is 35.5 Å². The minimum Gasteiger partial charge on any atom is -0.336 e. The highest BCUT2D eigenvalue weighted by atomic mass is 79.9. The fourth-order valence-electron chi connectivity index (χ4n) is 2.59. The lowest BCUT2D eigenvalue weighted by atomic mass is 10.2. The molecule has 0 atom stereocenters. The minimum absolute atomic E-state index is 0.00618. The molecule has 0 aliphatic rings. The molecule has 28 heavy (non-hydrogen) atoms. The second kappa shape index (κ2) is 10.6. The number of aromatic nitrogens is 2. The van der Waals surface area contributed by atoms with E-state index >= 15 is 0 Å². The number of carbonyl (C=O) groups is 2. The summed E-state index contributed by atoms with van der Waals surface area (Å²) in [6.45, 7) is 6.26. The van der Waals surface area contributed by atoms with Gasteiger partial charge < -0.3 is 5.32 Å². The normalized spacial score (nSPS) is 11.0. The Balaban J connectivity index is 2.22. The SMILES string of the molecule is CCCCCn1c(SCC(=O)NC(=O)NC(C)C)nc2ccc(Br)cc2c1=O. The van der Waals surface area contributed by atoms with Crippen molar-refractivity contribution < 1.29 is 9.59 Å². The van der Waals surface area contributed by atoms with Crippen LogP contribution in [0.4, 0.5) is 4.79 Å². The van der Waals surface area contributed by atoms with Crippen LogP contribution in [0.1, 0.15) is 40.0 Å². The molecule has 7 nitrogen and oxygen atoms in total. The molecule has 0 spiro atoms. The molecule has 2 rings (SSSR count). The second-order valence-corrected chi connectivity index (χ2v) is 8.54. The Kier molecular flexibility index (Phi) is 8.50. The Labute approximate surface area is 176 Å². The third kappa shape index (κ3) is 6.34. The number of imide groups is 1. The van der Waals surface area contributed by atoms with Crippen LogP contribution in [0.25, 0.3) is 10.9 Å². The molecule has 3 amide bonds. The predicted molar refractivity (Wildman–Crippen MR) is 116 cm³/mol. The molecule has 9 heteroatoms. The number of carbonyl (C=O) groups excluding carboxylic acids is 2. The molecule has 0 bridgehead atoms. The highest BCUT2D eigenvalue weighted by Gasteiger charge is 2.15. The second-order valence-electron chi connectivity index (χ2n) is 6.68. The first-order valence-electron chi connectivity index (χ1n) is 9.25. The van der Waals surface area contributed by atoms with Gasteiger partial charge in [-0.05, 0) is 38.5 Å². The van der Waals surface area contributed by atoms with Crippen molar-refractivity contribution in [2.45, 2.75) is 57.8 Å². The average molecular weight is 469 g/mol. The van der Waals surface area contributed by atoms with Gasteiger partial charge >= 0.3 is 6.03 Å². The third-order valence-electron chi connectivity index (χ3n) is 3.87. The predicted octanol–water partition coefficient (Wildman–Crippen LogP) is 3.68. The van der Waals surface area contributed by atoms with Crippen LogP contribution in [0, 0.1) is 0 Å². The van der Waals surface area contributed by atoms with E-state index in [2.05, 4.69) is 38.5 Å². The minimum atomic E-state index is -0.530.